The highest BCUT2D eigenvalue weighted by atomic mass is 16.5. The van der Waals surface area contributed by atoms with Crippen molar-refractivity contribution in [1.82, 2.24) is 19.7 Å². The van der Waals surface area contributed by atoms with Crippen LogP contribution < -0.4 is 5.73 Å². The topological polar surface area (TPSA) is 69.2 Å². The molecular formula is C14H25N5O. The summed E-state index contributed by atoms with van der Waals surface area (Å²) in [6.07, 6.45) is 5.00. The highest BCUT2D eigenvalue weighted by Crippen LogP contribution is 2.24. The van der Waals surface area contributed by atoms with Crippen molar-refractivity contribution in [3.05, 3.63) is 12.2 Å². The number of nitrogens with two attached hydrogens (primary N) is 1. The maximum atomic E-state index is 6.36. The second kappa shape index (κ2) is 5.79. The Bertz CT molecular complexity index is 447. The maximum Gasteiger partial charge on any atom is 0.138 e. The van der Waals surface area contributed by atoms with E-state index in [1.54, 1.807) is 6.33 Å². The van der Waals surface area contributed by atoms with Crippen molar-refractivity contribution in [2.45, 2.75) is 57.3 Å². The highest BCUT2D eigenvalue weighted by Gasteiger charge is 2.35. The van der Waals surface area contributed by atoms with Gasteiger partial charge in [0.15, 0.2) is 0 Å². The Morgan fingerprint density at radius 3 is 3.15 bits per heavy atom. The monoisotopic (exact) mass is 279 g/mol. The van der Waals surface area contributed by atoms with Gasteiger partial charge in [0.1, 0.15) is 12.2 Å². The summed E-state index contributed by atoms with van der Waals surface area (Å²) < 4.78 is 7.92. The van der Waals surface area contributed by atoms with Crippen molar-refractivity contribution >= 4 is 0 Å². The SMILES string of the molecule is CC(C)n1ncnc1CC(N)C1CN2CCCC2CO1. The fraction of sp³-hybridized carbons (Fsp3) is 0.857. The van der Waals surface area contributed by atoms with Crippen LogP contribution >= 0.6 is 0 Å². The normalized spacial score (nSPS) is 28.8. The van der Waals surface area contributed by atoms with Gasteiger partial charge in [0, 0.05) is 31.1 Å². The first-order chi connectivity index (χ1) is 9.65. The third kappa shape index (κ3) is 2.73. The van der Waals surface area contributed by atoms with E-state index in [1.165, 1.54) is 19.4 Å². The molecule has 3 heterocycles. The van der Waals surface area contributed by atoms with E-state index in [0.29, 0.717) is 12.1 Å². The Morgan fingerprint density at radius 2 is 2.35 bits per heavy atom. The van der Waals surface area contributed by atoms with Crippen LogP contribution in [-0.2, 0) is 11.2 Å². The van der Waals surface area contributed by atoms with E-state index < -0.39 is 0 Å². The van der Waals surface area contributed by atoms with E-state index in [1.807, 2.05) is 4.68 Å². The molecule has 0 radical (unpaired) electrons. The van der Waals surface area contributed by atoms with Gasteiger partial charge in [-0.25, -0.2) is 9.67 Å². The zero-order valence-corrected chi connectivity index (χ0v) is 12.4. The Labute approximate surface area is 120 Å². The lowest BCUT2D eigenvalue weighted by Gasteiger charge is -2.37. The van der Waals surface area contributed by atoms with Crippen LogP contribution in [0.15, 0.2) is 6.33 Å². The summed E-state index contributed by atoms with van der Waals surface area (Å²) in [5, 5.41) is 4.27. The molecule has 1 aromatic rings. The lowest BCUT2D eigenvalue weighted by Crippen LogP contribution is -2.53. The summed E-state index contributed by atoms with van der Waals surface area (Å²) in [6.45, 7) is 7.20. The molecule has 2 N–H and O–H groups in total. The van der Waals surface area contributed by atoms with E-state index in [9.17, 15) is 0 Å². The molecule has 6 heteroatoms. The molecule has 0 spiro atoms. The van der Waals surface area contributed by atoms with E-state index in [-0.39, 0.29) is 12.1 Å². The summed E-state index contributed by atoms with van der Waals surface area (Å²) in [7, 11) is 0. The van der Waals surface area contributed by atoms with Crippen LogP contribution in [0.1, 0.15) is 38.6 Å². The molecule has 3 unspecified atom stereocenters. The molecule has 3 atom stereocenters. The van der Waals surface area contributed by atoms with E-state index in [2.05, 4.69) is 28.8 Å². The van der Waals surface area contributed by atoms with Gasteiger partial charge >= 0.3 is 0 Å². The number of hydrogen-bond acceptors (Lipinski definition) is 5. The van der Waals surface area contributed by atoms with Crippen LogP contribution in [-0.4, -0.2) is 57.5 Å². The van der Waals surface area contributed by atoms with Crippen LogP contribution in [0.3, 0.4) is 0 Å². The number of hydrogen-bond donors (Lipinski definition) is 1. The maximum absolute atomic E-state index is 6.36. The number of ether oxygens (including phenoxy) is 1. The standard InChI is InChI=1S/C14H25N5O/c1-10(2)19-14(16-9-17-19)6-12(15)13-7-18-5-3-4-11(18)8-20-13/h9-13H,3-8,15H2,1-2H3. The predicted octanol–water partition coefficient (Wildman–Crippen LogP) is 0.592. The summed E-state index contributed by atoms with van der Waals surface area (Å²) in [5.41, 5.74) is 6.36. The van der Waals surface area contributed by atoms with Crippen LogP contribution in [0.5, 0.6) is 0 Å². The van der Waals surface area contributed by atoms with Crippen molar-refractivity contribution in [2.75, 3.05) is 19.7 Å². The van der Waals surface area contributed by atoms with E-state index in [4.69, 9.17) is 10.5 Å². The molecule has 6 nitrogen and oxygen atoms in total. The average Bonchev–Trinajstić information content (AvgIpc) is 3.05. The van der Waals surface area contributed by atoms with Gasteiger partial charge in [-0.2, -0.15) is 5.10 Å². The molecule has 2 aliphatic rings. The Hall–Kier alpha value is -0.980. The lowest BCUT2D eigenvalue weighted by molar-refractivity contribution is -0.0592. The molecule has 2 fully saturated rings. The predicted molar refractivity (Wildman–Crippen MR) is 76.4 cm³/mol. The minimum Gasteiger partial charge on any atom is -0.374 e. The third-order valence-corrected chi connectivity index (χ3v) is 4.45. The first-order valence-corrected chi connectivity index (χ1v) is 7.64. The van der Waals surface area contributed by atoms with Gasteiger partial charge in [-0.1, -0.05) is 0 Å². The molecule has 2 aliphatic heterocycles. The molecule has 0 saturated carbocycles. The molecule has 0 bridgehead atoms. The van der Waals surface area contributed by atoms with Gasteiger partial charge in [-0.15, -0.1) is 0 Å². The minimum absolute atomic E-state index is 0.0155. The smallest absolute Gasteiger partial charge is 0.138 e. The third-order valence-electron chi connectivity index (χ3n) is 4.45. The van der Waals surface area contributed by atoms with Crippen molar-refractivity contribution in [3.8, 4) is 0 Å². The first-order valence-electron chi connectivity index (χ1n) is 7.64. The zero-order valence-electron chi connectivity index (χ0n) is 12.4. The molecule has 112 valence electrons. The van der Waals surface area contributed by atoms with E-state index >= 15 is 0 Å². The number of morpholine rings is 1. The summed E-state index contributed by atoms with van der Waals surface area (Å²) in [5.74, 6) is 0.958. The molecule has 0 aliphatic carbocycles. The molecule has 20 heavy (non-hydrogen) atoms. The van der Waals surface area contributed by atoms with Gasteiger partial charge in [-0.3, -0.25) is 4.90 Å². The van der Waals surface area contributed by atoms with Crippen LogP contribution in [0.25, 0.3) is 0 Å². The quantitative estimate of drug-likeness (QED) is 0.873. The van der Waals surface area contributed by atoms with Crippen LogP contribution in [0.2, 0.25) is 0 Å². The number of rotatable bonds is 4. The number of nitrogens with zero attached hydrogens (tertiary/aromatic N) is 4. The second-order valence-corrected chi connectivity index (χ2v) is 6.25. The number of fused-ring (bicyclic) bond motifs is 1. The molecular weight excluding hydrogens is 254 g/mol. The van der Waals surface area contributed by atoms with Crippen LogP contribution in [0.4, 0.5) is 0 Å². The fourth-order valence-electron chi connectivity index (χ4n) is 3.30. The average molecular weight is 279 g/mol. The van der Waals surface area contributed by atoms with Gasteiger partial charge < -0.3 is 10.5 Å². The fourth-order valence-corrected chi connectivity index (χ4v) is 3.30. The summed E-state index contributed by atoms with van der Waals surface area (Å²) in [4.78, 5) is 6.87. The Kier molecular flexibility index (Phi) is 4.05. The van der Waals surface area contributed by atoms with Gasteiger partial charge in [0.05, 0.1) is 12.7 Å². The van der Waals surface area contributed by atoms with Gasteiger partial charge in [0.25, 0.3) is 0 Å². The van der Waals surface area contributed by atoms with Gasteiger partial charge in [-0.05, 0) is 33.2 Å². The molecule has 3 rings (SSSR count). The Morgan fingerprint density at radius 1 is 1.50 bits per heavy atom. The minimum atomic E-state index is -0.0155. The van der Waals surface area contributed by atoms with Crippen molar-refractivity contribution in [2.24, 2.45) is 5.73 Å². The highest BCUT2D eigenvalue weighted by molar-refractivity contribution is 4.96. The summed E-state index contributed by atoms with van der Waals surface area (Å²) >= 11 is 0. The molecule has 2 saturated heterocycles. The molecule has 0 amide bonds. The van der Waals surface area contributed by atoms with Crippen molar-refractivity contribution in [3.63, 3.8) is 0 Å². The largest absolute Gasteiger partial charge is 0.374 e. The van der Waals surface area contributed by atoms with Crippen LogP contribution in [0, 0.1) is 0 Å². The lowest BCUT2D eigenvalue weighted by atomic mass is 10.0. The van der Waals surface area contributed by atoms with Gasteiger partial charge in [0.2, 0.25) is 0 Å². The first kappa shape index (κ1) is 14.0. The summed E-state index contributed by atoms with van der Waals surface area (Å²) in [6, 6.07) is 0.922. The molecule has 0 aromatic carbocycles. The molecule has 1 aromatic heterocycles. The number of aromatic nitrogens is 3. The Balaban J connectivity index is 1.61. The zero-order chi connectivity index (χ0) is 14.1. The van der Waals surface area contributed by atoms with E-state index in [0.717, 1.165) is 25.4 Å². The van der Waals surface area contributed by atoms with Crippen molar-refractivity contribution < 1.29 is 4.74 Å². The second-order valence-electron chi connectivity index (χ2n) is 6.25. The van der Waals surface area contributed by atoms with Crippen molar-refractivity contribution in [1.29, 1.82) is 0 Å².